The smallest absolute Gasteiger partial charge is 0.262 e. The average Bonchev–Trinajstić information content (AvgIpc) is 2.55. The summed E-state index contributed by atoms with van der Waals surface area (Å²) in [6.07, 6.45) is 3.52. The van der Waals surface area contributed by atoms with E-state index in [1.807, 2.05) is 54.6 Å². The van der Waals surface area contributed by atoms with E-state index in [0.717, 1.165) is 29.8 Å². The van der Waals surface area contributed by atoms with Gasteiger partial charge in [0.05, 0.1) is 0 Å². The number of hydrogen-bond donors (Lipinski definition) is 1. The molecular formula is C19H21NO2. The highest BCUT2D eigenvalue weighted by Gasteiger charge is 2.06. The molecule has 0 aromatic heterocycles. The molecule has 0 spiro atoms. The summed E-state index contributed by atoms with van der Waals surface area (Å²) in [6, 6.07) is 15.5. The maximum absolute atomic E-state index is 12.0. The first-order chi connectivity index (χ1) is 10.7. The molecule has 0 fully saturated rings. The van der Waals surface area contributed by atoms with Gasteiger partial charge in [0.1, 0.15) is 5.75 Å². The van der Waals surface area contributed by atoms with E-state index in [1.165, 1.54) is 5.56 Å². The lowest BCUT2D eigenvalue weighted by molar-refractivity contribution is -0.118. The lowest BCUT2D eigenvalue weighted by Gasteiger charge is -2.11. The van der Waals surface area contributed by atoms with Crippen LogP contribution < -0.4 is 10.1 Å². The van der Waals surface area contributed by atoms with Crippen LogP contribution in [0.3, 0.4) is 0 Å². The fraction of sp³-hybridized carbons (Fsp3) is 0.211. The molecule has 3 heteroatoms. The van der Waals surface area contributed by atoms with Crippen LogP contribution >= 0.6 is 0 Å². The molecule has 3 nitrogen and oxygen atoms in total. The molecule has 0 heterocycles. The number of aryl methyl sites for hydroxylation is 1. The van der Waals surface area contributed by atoms with E-state index in [9.17, 15) is 4.79 Å². The van der Waals surface area contributed by atoms with Gasteiger partial charge in [0.25, 0.3) is 5.91 Å². The number of allylic oxidation sites excluding steroid dienone is 1. The zero-order chi connectivity index (χ0) is 15.8. The molecule has 22 heavy (non-hydrogen) atoms. The molecule has 1 amide bonds. The minimum Gasteiger partial charge on any atom is -0.483 e. The summed E-state index contributed by atoms with van der Waals surface area (Å²) < 4.78 is 5.61. The summed E-state index contributed by atoms with van der Waals surface area (Å²) in [5.41, 5.74) is 3.05. The van der Waals surface area contributed by atoms with E-state index in [1.54, 1.807) is 0 Å². The van der Waals surface area contributed by atoms with Crippen LogP contribution in [0.2, 0.25) is 0 Å². The zero-order valence-corrected chi connectivity index (χ0v) is 12.8. The van der Waals surface area contributed by atoms with Gasteiger partial charge in [-0.15, -0.1) is 6.58 Å². The summed E-state index contributed by atoms with van der Waals surface area (Å²) >= 11 is 0. The molecule has 0 bridgehead atoms. The third-order valence-electron chi connectivity index (χ3n) is 3.34. The van der Waals surface area contributed by atoms with Gasteiger partial charge < -0.3 is 10.1 Å². The maximum atomic E-state index is 12.0. The third kappa shape index (κ3) is 4.48. The van der Waals surface area contributed by atoms with Crippen molar-refractivity contribution in [3.8, 4) is 5.75 Å². The van der Waals surface area contributed by atoms with Crippen LogP contribution in [0.4, 0.5) is 5.69 Å². The highest BCUT2D eigenvalue weighted by atomic mass is 16.5. The molecule has 0 saturated carbocycles. The first-order valence-electron chi connectivity index (χ1n) is 7.43. The topological polar surface area (TPSA) is 38.3 Å². The third-order valence-corrected chi connectivity index (χ3v) is 3.34. The molecule has 0 aliphatic heterocycles. The zero-order valence-electron chi connectivity index (χ0n) is 12.8. The Balaban J connectivity index is 1.91. The van der Waals surface area contributed by atoms with Crippen LogP contribution in [0, 0.1) is 0 Å². The first-order valence-corrected chi connectivity index (χ1v) is 7.43. The molecule has 0 unspecified atom stereocenters. The molecule has 2 aromatic carbocycles. The van der Waals surface area contributed by atoms with Crippen LogP contribution in [0.5, 0.6) is 5.75 Å². The van der Waals surface area contributed by atoms with Crippen LogP contribution in [-0.2, 0) is 17.6 Å². The molecule has 0 atom stereocenters. The van der Waals surface area contributed by atoms with Crippen molar-refractivity contribution < 1.29 is 9.53 Å². The van der Waals surface area contributed by atoms with Gasteiger partial charge in [0, 0.05) is 5.69 Å². The minimum absolute atomic E-state index is 0.0102. The standard InChI is InChI=1S/C19H21NO2/c1-3-7-16-8-5-6-9-18(16)22-14-19(21)20-17-12-10-15(4-2)11-13-17/h3,5-6,8-13H,1,4,7,14H2,2H3,(H,20,21). The summed E-state index contributed by atoms with van der Waals surface area (Å²) in [4.78, 5) is 12.0. The van der Waals surface area contributed by atoms with Crippen molar-refractivity contribution in [1.82, 2.24) is 0 Å². The van der Waals surface area contributed by atoms with E-state index in [4.69, 9.17) is 4.74 Å². The Kier molecular flexibility index (Phi) is 5.78. The van der Waals surface area contributed by atoms with Crippen molar-refractivity contribution in [1.29, 1.82) is 0 Å². The highest BCUT2D eigenvalue weighted by molar-refractivity contribution is 5.91. The lowest BCUT2D eigenvalue weighted by atomic mass is 10.1. The fourth-order valence-corrected chi connectivity index (χ4v) is 2.13. The van der Waals surface area contributed by atoms with E-state index < -0.39 is 0 Å². The van der Waals surface area contributed by atoms with E-state index >= 15 is 0 Å². The second kappa shape index (κ2) is 8.03. The normalized spacial score (nSPS) is 10.0. The van der Waals surface area contributed by atoms with Gasteiger partial charge >= 0.3 is 0 Å². The number of ether oxygens (including phenoxy) is 1. The summed E-state index contributed by atoms with van der Waals surface area (Å²) in [7, 11) is 0. The summed E-state index contributed by atoms with van der Waals surface area (Å²) in [6.45, 7) is 5.82. The first kappa shape index (κ1) is 15.8. The molecule has 2 aromatic rings. The largest absolute Gasteiger partial charge is 0.483 e. The fourth-order valence-electron chi connectivity index (χ4n) is 2.13. The Morgan fingerprint density at radius 3 is 2.59 bits per heavy atom. The summed E-state index contributed by atoms with van der Waals surface area (Å²) in [5, 5.41) is 2.83. The number of para-hydroxylation sites is 1. The molecule has 1 N–H and O–H groups in total. The number of hydrogen-bond acceptors (Lipinski definition) is 2. The van der Waals surface area contributed by atoms with Crippen LogP contribution in [0.15, 0.2) is 61.2 Å². The molecule has 0 aliphatic carbocycles. The number of nitrogens with one attached hydrogen (secondary N) is 1. The molecule has 0 saturated heterocycles. The van der Waals surface area contributed by atoms with Crippen molar-refractivity contribution in [2.45, 2.75) is 19.8 Å². The Bertz CT molecular complexity index is 632. The van der Waals surface area contributed by atoms with Crippen molar-refractivity contribution in [3.63, 3.8) is 0 Å². The van der Waals surface area contributed by atoms with Gasteiger partial charge in [-0.3, -0.25) is 4.79 Å². The van der Waals surface area contributed by atoms with Crippen LogP contribution in [0.25, 0.3) is 0 Å². The quantitative estimate of drug-likeness (QED) is 0.784. The van der Waals surface area contributed by atoms with Crippen molar-refractivity contribution >= 4 is 11.6 Å². The highest BCUT2D eigenvalue weighted by Crippen LogP contribution is 2.18. The predicted molar refractivity (Wildman–Crippen MR) is 90.3 cm³/mol. The Morgan fingerprint density at radius 1 is 1.18 bits per heavy atom. The average molecular weight is 295 g/mol. The second-order valence-electron chi connectivity index (χ2n) is 4.99. The minimum atomic E-state index is -0.169. The van der Waals surface area contributed by atoms with Crippen LogP contribution in [-0.4, -0.2) is 12.5 Å². The van der Waals surface area contributed by atoms with Gasteiger partial charge in [-0.25, -0.2) is 0 Å². The second-order valence-corrected chi connectivity index (χ2v) is 4.99. The molecule has 0 radical (unpaired) electrons. The van der Waals surface area contributed by atoms with Gasteiger partial charge in [0.15, 0.2) is 6.61 Å². The van der Waals surface area contributed by atoms with E-state index in [-0.39, 0.29) is 12.5 Å². The molecule has 0 aliphatic rings. The van der Waals surface area contributed by atoms with Gasteiger partial charge in [-0.05, 0) is 42.2 Å². The molecule has 2 rings (SSSR count). The number of amides is 1. The Hall–Kier alpha value is -2.55. The lowest BCUT2D eigenvalue weighted by Crippen LogP contribution is -2.20. The maximum Gasteiger partial charge on any atom is 0.262 e. The number of anilines is 1. The summed E-state index contributed by atoms with van der Waals surface area (Å²) in [5.74, 6) is 0.552. The van der Waals surface area contributed by atoms with Crippen molar-refractivity contribution in [2.75, 3.05) is 11.9 Å². The molecular weight excluding hydrogens is 274 g/mol. The number of carbonyl (C=O) groups excluding carboxylic acids is 1. The monoisotopic (exact) mass is 295 g/mol. The van der Waals surface area contributed by atoms with Crippen LogP contribution in [0.1, 0.15) is 18.1 Å². The number of rotatable bonds is 7. The van der Waals surface area contributed by atoms with Gasteiger partial charge in [-0.1, -0.05) is 43.3 Å². The van der Waals surface area contributed by atoms with E-state index in [2.05, 4.69) is 18.8 Å². The Morgan fingerprint density at radius 2 is 1.91 bits per heavy atom. The number of carbonyl (C=O) groups is 1. The predicted octanol–water partition coefficient (Wildman–Crippen LogP) is 4.00. The van der Waals surface area contributed by atoms with Crippen molar-refractivity contribution in [2.24, 2.45) is 0 Å². The van der Waals surface area contributed by atoms with Gasteiger partial charge in [0.2, 0.25) is 0 Å². The van der Waals surface area contributed by atoms with E-state index in [0.29, 0.717) is 0 Å². The number of benzene rings is 2. The molecule has 114 valence electrons. The Labute approximate surface area is 131 Å². The van der Waals surface area contributed by atoms with Gasteiger partial charge in [-0.2, -0.15) is 0 Å². The SMILES string of the molecule is C=CCc1ccccc1OCC(=O)Nc1ccc(CC)cc1. The van der Waals surface area contributed by atoms with Crippen molar-refractivity contribution in [3.05, 3.63) is 72.3 Å².